The lowest BCUT2D eigenvalue weighted by atomic mass is 9.45. The summed E-state index contributed by atoms with van der Waals surface area (Å²) in [5.74, 6) is 2.50. The highest BCUT2D eigenvalue weighted by molar-refractivity contribution is 5.89. The van der Waals surface area contributed by atoms with Gasteiger partial charge in [-0.1, -0.05) is 32.0 Å². The van der Waals surface area contributed by atoms with Crippen molar-refractivity contribution in [3.05, 3.63) is 35.9 Å². The monoisotopic (exact) mass is 438 g/mol. The summed E-state index contributed by atoms with van der Waals surface area (Å²) in [5.41, 5.74) is 1.12. The molecule has 0 unspecified atom stereocenters. The van der Waals surface area contributed by atoms with Crippen LogP contribution in [0.1, 0.15) is 88.9 Å². The van der Waals surface area contributed by atoms with Crippen molar-refractivity contribution < 1.29 is 19.1 Å². The quantitative estimate of drug-likeness (QED) is 0.528. The van der Waals surface area contributed by atoms with Crippen LogP contribution < -0.4 is 0 Å². The normalized spacial score (nSPS) is 42.8. The Morgan fingerprint density at radius 1 is 0.844 bits per heavy atom. The molecule has 0 spiro atoms. The van der Waals surface area contributed by atoms with Crippen molar-refractivity contribution in [2.24, 2.45) is 34.5 Å². The van der Waals surface area contributed by atoms with Gasteiger partial charge in [-0.15, -0.1) is 0 Å². The van der Waals surface area contributed by atoms with E-state index in [0.29, 0.717) is 22.8 Å². The molecule has 0 saturated heterocycles. The summed E-state index contributed by atoms with van der Waals surface area (Å²) < 4.78 is 11.8. The van der Waals surface area contributed by atoms with Crippen LogP contribution in [0.4, 0.5) is 0 Å². The van der Waals surface area contributed by atoms with Crippen molar-refractivity contribution in [2.45, 2.75) is 90.8 Å². The molecule has 4 heteroatoms. The third-order valence-corrected chi connectivity index (χ3v) is 10.1. The first-order chi connectivity index (χ1) is 15.3. The van der Waals surface area contributed by atoms with Gasteiger partial charge in [-0.25, -0.2) is 4.79 Å². The van der Waals surface area contributed by atoms with Crippen molar-refractivity contribution in [2.75, 3.05) is 0 Å². The average Bonchev–Trinajstić information content (AvgIpc) is 3.10. The first-order valence-electron chi connectivity index (χ1n) is 12.7. The zero-order chi connectivity index (χ0) is 22.5. The van der Waals surface area contributed by atoms with Crippen molar-refractivity contribution in [1.29, 1.82) is 0 Å². The molecule has 0 aliphatic heterocycles. The Labute approximate surface area is 192 Å². The lowest BCUT2D eigenvalue weighted by Gasteiger charge is -2.60. The van der Waals surface area contributed by atoms with Gasteiger partial charge in [0.05, 0.1) is 5.56 Å². The summed E-state index contributed by atoms with van der Waals surface area (Å²) in [4.78, 5) is 24.3. The lowest BCUT2D eigenvalue weighted by Crippen LogP contribution is -2.54. The van der Waals surface area contributed by atoms with E-state index in [1.807, 2.05) is 30.3 Å². The van der Waals surface area contributed by atoms with Crippen molar-refractivity contribution in [3.8, 4) is 0 Å². The van der Waals surface area contributed by atoms with Gasteiger partial charge in [0.25, 0.3) is 0 Å². The molecule has 4 aliphatic rings. The van der Waals surface area contributed by atoms with E-state index in [9.17, 15) is 9.59 Å². The molecular formula is C28H38O4. The fraction of sp³-hybridized carbons (Fsp3) is 0.714. The Balaban J connectivity index is 1.30. The number of carbonyl (C=O) groups excluding carboxylic acids is 2. The number of hydrogen-bond acceptors (Lipinski definition) is 4. The number of rotatable bonds is 3. The summed E-state index contributed by atoms with van der Waals surface area (Å²) in [6, 6.07) is 9.43. The summed E-state index contributed by atoms with van der Waals surface area (Å²) >= 11 is 0. The van der Waals surface area contributed by atoms with Crippen LogP contribution in [-0.4, -0.2) is 24.1 Å². The third-order valence-electron chi connectivity index (χ3n) is 10.1. The highest BCUT2D eigenvalue weighted by atomic mass is 16.5. The zero-order valence-electron chi connectivity index (χ0n) is 19.8. The molecule has 1 aromatic rings. The standard InChI is InChI=1S/C28H38O4/c1-18(29)31-21-13-15-27(2)20(17-21)9-10-22-23-11-12-25(28(23,3)16-14-24(22)27)32-26(30)19-7-5-4-6-8-19/h4-8,20-25H,9-17H2,1-3H3/t20-,21+,22-,23+,24+,25+,27-,28-/m0/s1. The summed E-state index contributed by atoms with van der Waals surface area (Å²) in [5, 5.41) is 0. The van der Waals surface area contributed by atoms with Gasteiger partial charge in [-0.05, 0) is 99.0 Å². The minimum Gasteiger partial charge on any atom is -0.463 e. The molecule has 0 heterocycles. The van der Waals surface area contributed by atoms with Crippen LogP contribution in [0, 0.1) is 34.5 Å². The number of benzene rings is 1. The second-order valence-electron chi connectivity index (χ2n) is 11.5. The van der Waals surface area contributed by atoms with Crippen LogP contribution in [-0.2, 0) is 14.3 Å². The molecular weight excluding hydrogens is 400 g/mol. The SMILES string of the molecule is CC(=O)O[C@@H]1CC[C@@]2(C)[C@@H](CC[C@@H]3[C@H]2CC[C@@]2(C)[C@@H]3CC[C@H]2OC(=O)c2ccccc2)C1. The molecule has 0 N–H and O–H groups in total. The molecule has 32 heavy (non-hydrogen) atoms. The predicted octanol–water partition coefficient (Wildman–Crippen LogP) is 6.19. The predicted molar refractivity (Wildman–Crippen MR) is 123 cm³/mol. The van der Waals surface area contributed by atoms with Crippen LogP contribution in [0.15, 0.2) is 30.3 Å². The molecule has 174 valence electrons. The Hall–Kier alpha value is -1.84. The zero-order valence-corrected chi connectivity index (χ0v) is 19.8. The second kappa shape index (κ2) is 8.18. The summed E-state index contributed by atoms with van der Waals surface area (Å²) in [6.07, 6.45) is 10.5. The van der Waals surface area contributed by atoms with Gasteiger partial charge in [-0.2, -0.15) is 0 Å². The average molecular weight is 439 g/mol. The molecule has 0 radical (unpaired) electrons. The number of ether oxygens (including phenoxy) is 2. The fourth-order valence-electron chi connectivity index (χ4n) is 8.48. The molecule has 0 bridgehead atoms. The first-order valence-corrected chi connectivity index (χ1v) is 12.7. The van der Waals surface area contributed by atoms with E-state index in [0.717, 1.165) is 37.5 Å². The summed E-state index contributed by atoms with van der Waals surface area (Å²) in [6.45, 7) is 6.46. The largest absolute Gasteiger partial charge is 0.463 e. The van der Waals surface area contributed by atoms with Crippen molar-refractivity contribution in [1.82, 2.24) is 0 Å². The Morgan fingerprint density at radius 3 is 2.31 bits per heavy atom. The number of esters is 2. The van der Waals surface area contributed by atoms with E-state index in [4.69, 9.17) is 9.47 Å². The van der Waals surface area contributed by atoms with E-state index in [2.05, 4.69) is 13.8 Å². The van der Waals surface area contributed by atoms with Gasteiger partial charge in [0.1, 0.15) is 12.2 Å². The van der Waals surface area contributed by atoms with Crippen molar-refractivity contribution in [3.63, 3.8) is 0 Å². The maximum atomic E-state index is 12.8. The van der Waals surface area contributed by atoms with Gasteiger partial charge in [0.15, 0.2) is 0 Å². The fourth-order valence-corrected chi connectivity index (χ4v) is 8.48. The lowest BCUT2D eigenvalue weighted by molar-refractivity contribution is -0.161. The van der Waals surface area contributed by atoms with Crippen LogP contribution in [0.5, 0.6) is 0 Å². The van der Waals surface area contributed by atoms with Crippen molar-refractivity contribution >= 4 is 11.9 Å². The molecule has 4 fully saturated rings. The molecule has 8 atom stereocenters. The van der Waals surface area contributed by atoms with Gasteiger partial charge in [-0.3, -0.25) is 4.79 Å². The minimum atomic E-state index is -0.168. The van der Waals surface area contributed by atoms with E-state index in [-0.39, 0.29) is 29.6 Å². The topological polar surface area (TPSA) is 52.6 Å². The Morgan fingerprint density at radius 2 is 1.56 bits per heavy atom. The van der Waals surface area contributed by atoms with E-state index in [1.165, 1.54) is 39.0 Å². The molecule has 4 aliphatic carbocycles. The number of fused-ring (bicyclic) bond motifs is 5. The maximum Gasteiger partial charge on any atom is 0.338 e. The van der Waals surface area contributed by atoms with E-state index >= 15 is 0 Å². The van der Waals surface area contributed by atoms with E-state index < -0.39 is 0 Å². The van der Waals surface area contributed by atoms with Crippen LogP contribution in [0.3, 0.4) is 0 Å². The molecule has 5 rings (SSSR count). The van der Waals surface area contributed by atoms with Crippen LogP contribution >= 0.6 is 0 Å². The van der Waals surface area contributed by atoms with E-state index in [1.54, 1.807) is 0 Å². The third kappa shape index (κ3) is 3.58. The molecule has 4 saturated carbocycles. The second-order valence-corrected chi connectivity index (χ2v) is 11.5. The van der Waals surface area contributed by atoms with Gasteiger partial charge >= 0.3 is 11.9 Å². The molecule has 0 amide bonds. The highest BCUT2D eigenvalue weighted by Crippen LogP contribution is 2.66. The smallest absolute Gasteiger partial charge is 0.338 e. The number of carbonyl (C=O) groups is 2. The molecule has 1 aromatic carbocycles. The highest BCUT2D eigenvalue weighted by Gasteiger charge is 2.61. The van der Waals surface area contributed by atoms with Gasteiger partial charge in [0.2, 0.25) is 0 Å². The number of hydrogen-bond donors (Lipinski definition) is 0. The summed E-state index contributed by atoms with van der Waals surface area (Å²) in [7, 11) is 0. The molecule has 4 nitrogen and oxygen atoms in total. The first kappa shape index (κ1) is 22.0. The van der Waals surface area contributed by atoms with Gasteiger partial charge in [0, 0.05) is 12.3 Å². The maximum absolute atomic E-state index is 12.8. The molecule has 0 aromatic heterocycles. The van der Waals surface area contributed by atoms with Gasteiger partial charge < -0.3 is 9.47 Å². The van der Waals surface area contributed by atoms with Crippen LogP contribution in [0.2, 0.25) is 0 Å². The Bertz CT molecular complexity index is 865. The minimum absolute atomic E-state index is 0.0337. The Kier molecular flexibility index (Phi) is 5.62. The van der Waals surface area contributed by atoms with Crippen LogP contribution in [0.25, 0.3) is 0 Å².